The van der Waals surface area contributed by atoms with Gasteiger partial charge in [0, 0.05) is 35.3 Å². The maximum atomic E-state index is 6.77. The first kappa shape index (κ1) is 32.4. The van der Waals surface area contributed by atoms with Crippen molar-refractivity contribution < 1.29 is 28.4 Å². The molecule has 0 aromatic heterocycles. The van der Waals surface area contributed by atoms with E-state index in [4.69, 9.17) is 40.6 Å². The van der Waals surface area contributed by atoms with Crippen LogP contribution in [-0.2, 0) is 36.6 Å². The van der Waals surface area contributed by atoms with Gasteiger partial charge in [0.25, 0.3) is 0 Å². The van der Waals surface area contributed by atoms with E-state index >= 15 is 0 Å². The Morgan fingerprint density at radius 1 is 0.608 bits per heavy atom. The van der Waals surface area contributed by atoms with Crippen LogP contribution in [0.15, 0.2) is 152 Å². The number of hydrogen-bond donors (Lipinski definition) is 0. The summed E-state index contributed by atoms with van der Waals surface area (Å²) in [7, 11) is 0. The van der Waals surface area contributed by atoms with E-state index in [-0.39, 0.29) is 17.8 Å². The number of para-hydroxylation sites is 1. The fourth-order valence-corrected chi connectivity index (χ4v) is 7.07. The first-order valence-electron chi connectivity index (χ1n) is 17.0. The predicted molar refractivity (Wildman–Crippen MR) is 200 cm³/mol. The third-order valence-electron chi connectivity index (χ3n) is 9.35. The molecule has 0 bridgehead atoms. The lowest BCUT2D eigenvalue weighted by Crippen LogP contribution is -2.44. The molecule has 0 radical (unpaired) electrons. The van der Waals surface area contributed by atoms with Crippen molar-refractivity contribution in [1.82, 2.24) is 0 Å². The van der Waals surface area contributed by atoms with Gasteiger partial charge in [-0.3, -0.25) is 0 Å². The van der Waals surface area contributed by atoms with E-state index in [0.29, 0.717) is 43.5 Å². The van der Waals surface area contributed by atoms with Crippen LogP contribution in [0.4, 0.5) is 0 Å². The second kappa shape index (κ2) is 14.6. The molecule has 1 heterocycles. The van der Waals surface area contributed by atoms with E-state index in [1.807, 2.05) is 127 Å². The van der Waals surface area contributed by atoms with Gasteiger partial charge in [-0.2, -0.15) is 0 Å². The first-order valence-corrected chi connectivity index (χ1v) is 17.4. The molecule has 2 aliphatic rings. The molecule has 7 heteroatoms. The van der Waals surface area contributed by atoms with Gasteiger partial charge in [0.2, 0.25) is 0 Å². The standard InChI is InChI=1S/C44H36O6S/c51-43(49-35-19-11-4-12-20-35)50-44-30-48-40-25-36(45-27-31-13-5-1-6-14-31)21-22-37(40)39(44)23-34-24-41(46-28-32-15-7-2-8-16-32)42(26-38(34)44)47-29-33-17-9-3-10-18-33/h1-22,24-26,39H,23,27-30H2/t39-,44+/m1/s1. The maximum Gasteiger partial charge on any atom is 0.358 e. The molecule has 8 rings (SSSR count). The summed E-state index contributed by atoms with van der Waals surface area (Å²) in [5, 5.41) is 0.0186. The van der Waals surface area contributed by atoms with Crippen LogP contribution in [0.5, 0.6) is 28.7 Å². The molecule has 1 aliphatic carbocycles. The van der Waals surface area contributed by atoms with E-state index in [1.54, 1.807) is 0 Å². The van der Waals surface area contributed by atoms with Gasteiger partial charge in [-0.1, -0.05) is 115 Å². The van der Waals surface area contributed by atoms with Crippen LogP contribution in [0.1, 0.15) is 39.3 Å². The Balaban J connectivity index is 1.15. The molecule has 0 fully saturated rings. The van der Waals surface area contributed by atoms with Crippen LogP contribution >= 0.6 is 12.2 Å². The largest absolute Gasteiger partial charge is 0.489 e. The van der Waals surface area contributed by atoms with E-state index < -0.39 is 5.60 Å². The average Bonchev–Trinajstić information content (AvgIpc) is 3.49. The second-order valence-electron chi connectivity index (χ2n) is 12.7. The molecule has 0 unspecified atom stereocenters. The monoisotopic (exact) mass is 692 g/mol. The number of hydrogen-bond acceptors (Lipinski definition) is 7. The topological polar surface area (TPSA) is 55.4 Å². The minimum atomic E-state index is -0.983. The number of thiocarbonyl (C=S) groups is 1. The summed E-state index contributed by atoms with van der Waals surface area (Å²) in [5.41, 5.74) is 5.23. The van der Waals surface area contributed by atoms with Gasteiger partial charge in [-0.25, -0.2) is 0 Å². The van der Waals surface area contributed by atoms with Crippen molar-refractivity contribution in [3.63, 3.8) is 0 Å². The van der Waals surface area contributed by atoms with Crippen LogP contribution in [-0.4, -0.2) is 11.8 Å². The summed E-state index contributed by atoms with van der Waals surface area (Å²) in [5.74, 6) is 3.23. The van der Waals surface area contributed by atoms with Crippen LogP contribution in [0.25, 0.3) is 0 Å². The van der Waals surface area contributed by atoms with Crippen molar-refractivity contribution in [2.24, 2.45) is 0 Å². The van der Waals surface area contributed by atoms with E-state index in [1.165, 1.54) is 0 Å². The Hall–Kier alpha value is -5.79. The van der Waals surface area contributed by atoms with Gasteiger partial charge in [-0.05, 0) is 59.0 Å². The molecule has 254 valence electrons. The second-order valence-corrected chi connectivity index (χ2v) is 13.0. The van der Waals surface area contributed by atoms with Gasteiger partial charge in [0.1, 0.15) is 43.7 Å². The molecular weight excluding hydrogens is 657 g/mol. The Morgan fingerprint density at radius 2 is 1.16 bits per heavy atom. The lowest BCUT2D eigenvalue weighted by atomic mass is 9.80. The maximum absolute atomic E-state index is 6.77. The highest BCUT2D eigenvalue weighted by Gasteiger charge is 2.55. The molecule has 51 heavy (non-hydrogen) atoms. The van der Waals surface area contributed by atoms with Crippen molar-refractivity contribution in [3.8, 4) is 28.7 Å². The summed E-state index contributed by atoms with van der Waals surface area (Å²) >= 11 is 5.76. The summed E-state index contributed by atoms with van der Waals surface area (Å²) in [6.07, 6.45) is 0.671. The third kappa shape index (κ3) is 7.12. The van der Waals surface area contributed by atoms with Crippen LogP contribution < -0.4 is 23.7 Å². The fourth-order valence-electron chi connectivity index (χ4n) is 6.83. The molecular formula is C44H36O6S. The summed E-state index contributed by atoms with van der Waals surface area (Å²) in [6, 6.07) is 49.9. The molecule has 0 saturated carbocycles. The minimum absolute atomic E-state index is 0.0186. The third-order valence-corrected chi connectivity index (χ3v) is 9.51. The quantitative estimate of drug-likeness (QED) is 0.125. The molecule has 0 N–H and O–H groups in total. The van der Waals surface area contributed by atoms with E-state index in [2.05, 4.69) is 24.3 Å². The zero-order valence-corrected chi connectivity index (χ0v) is 28.7. The molecule has 1 aliphatic heterocycles. The molecule has 2 atom stereocenters. The van der Waals surface area contributed by atoms with Crippen LogP contribution in [0, 0.1) is 0 Å². The molecule has 0 amide bonds. The van der Waals surface area contributed by atoms with Crippen LogP contribution in [0.2, 0.25) is 0 Å². The number of benzene rings is 6. The van der Waals surface area contributed by atoms with Gasteiger partial charge in [0.15, 0.2) is 17.1 Å². The van der Waals surface area contributed by atoms with Crippen molar-refractivity contribution in [1.29, 1.82) is 0 Å². The first-order chi connectivity index (χ1) is 25.1. The van der Waals surface area contributed by atoms with Gasteiger partial charge < -0.3 is 28.4 Å². The predicted octanol–water partition coefficient (Wildman–Crippen LogP) is 9.73. The van der Waals surface area contributed by atoms with E-state index in [9.17, 15) is 0 Å². The van der Waals surface area contributed by atoms with Crippen molar-refractivity contribution >= 4 is 17.5 Å². The number of rotatable bonds is 11. The van der Waals surface area contributed by atoms with Gasteiger partial charge in [-0.15, -0.1) is 0 Å². The van der Waals surface area contributed by atoms with Crippen molar-refractivity contribution in [2.45, 2.75) is 37.8 Å². The fraction of sp³-hybridized carbons (Fsp3) is 0.159. The highest BCUT2D eigenvalue weighted by molar-refractivity contribution is 7.79. The van der Waals surface area contributed by atoms with E-state index in [0.717, 1.165) is 44.9 Å². The minimum Gasteiger partial charge on any atom is -0.489 e. The number of fused-ring (bicyclic) bond motifs is 5. The Bertz CT molecular complexity index is 2110. The smallest absolute Gasteiger partial charge is 0.358 e. The highest BCUT2D eigenvalue weighted by atomic mass is 32.1. The highest BCUT2D eigenvalue weighted by Crippen LogP contribution is 2.57. The molecule has 6 nitrogen and oxygen atoms in total. The molecule has 0 spiro atoms. The Labute approximate surface area is 303 Å². The zero-order chi connectivity index (χ0) is 34.5. The van der Waals surface area contributed by atoms with Crippen LogP contribution in [0.3, 0.4) is 0 Å². The zero-order valence-electron chi connectivity index (χ0n) is 27.9. The van der Waals surface area contributed by atoms with Gasteiger partial charge >= 0.3 is 5.24 Å². The number of ether oxygens (including phenoxy) is 6. The Kier molecular flexibility index (Phi) is 9.28. The molecule has 0 saturated heterocycles. The van der Waals surface area contributed by atoms with Crippen molar-refractivity contribution in [2.75, 3.05) is 6.61 Å². The normalized spacial score (nSPS) is 16.8. The van der Waals surface area contributed by atoms with Crippen molar-refractivity contribution in [3.05, 3.63) is 185 Å². The van der Waals surface area contributed by atoms with Gasteiger partial charge in [0.05, 0.1) is 0 Å². The molecule has 6 aromatic rings. The SMILES string of the molecule is S=C(Oc1ccccc1)O[C@]12COc3cc(OCc4ccccc4)ccc3[C@H]1Cc1cc(OCc3ccccc3)c(OCc3ccccc3)cc12. The lowest BCUT2D eigenvalue weighted by Gasteiger charge is -2.40. The molecule has 6 aromatic carbocycles. The lowest BCUT2D eigenvalue weighted by molar-refractivity contribution is -0.0359. The summed E-state index contributed by atoms with van der Waals surface area (Å²) in [6.45, 7) is 1.45. The summed E-state index contributed by atoms with van der Waals surface area (Å²) < 4.78 is 38.5. The average molecular weight is 693 g/mol. The summed E-state index contributed by atoms with van der Waals surface area (Å²) in [4.78, 5) is 0. The Morgan fingerprint density at radius 3 is 1.76 bits per heavy atom.